The lowest BCUT2D eigenvalue weighted by molar-refractivity contribution is -0.185. The predicted octanol–water partition coefficient (Wildman–Crippen LogP) is 4.65. The molecule has 0 heterocycles. The predicted molar refractivity (Wildman–Crippen MR) is 73.3 cm³/mol. The molecule has 1 aliphatic carbocycles. The van der Waals surface area contributed by atoms with Crippen LogP contribution >= 0.6 is 0 Å². The average molecular weight is 336 g/mol. The standard InChI is InChI=1S/C16H17F5O2/c1-3-23-14(22)13(9(2)16(19,20)21)11-6-4-10(5-7-11)12-8-15(12,17)18/h4-7,9,12-13H,3,8H2,1-2H3/t9-,12?,13?/m1/s1. The molecule has 128 valence electrons. The third-order valence-corrected chi connectivity index (χ3v) is 4.08. The minimum absolute atomic E-state index is 0.0354. The first-order valence-corrected chi connectivity index (χ1v) is 7.29. The van der Waals surface area contributed by atoms with Crippen LogP contribution in [0.3, 0.4) is 0 Å². The molecule has 1 fully saturated rings. The van der Waals surface area contributed by atoms with Crippen molar-refractivity contribution in [2.75, 3.05) is 6.61 Å². The Morgan fingerprint density at radius 1 is 1.30 bits per heavy atom. The molecule has 0 amide bonds. The molecule has 2 unspecified atom stereocenters. The zero-order valence-corrected chi connectivity index (χ0v) is 12.7. The minimum atomic E-state index is -4.57. The number of hydrogen-bond donors (Lipinski definition) is 0. The number of esters is 1. The Balaban J connectivity index is 2.26. The summed E-state index contributed by atoms with van der Waals surface area (Å²) in [7, 11) is 0. The summed E-state index contributed by atoms with van der Waals surface area (Å²) in [6, 6.07) is 5.31. The molecule has 2 rings (SSSR count). The van der Waals surface area contributed by atoms with Crippen molar-refractivity contribution in [2.45, 2.75) is 44.2 Å². The van der Waals surface area contributed by atoms with Gasteiger partial charge in [0.25, 0.3) is 5.92 Å². The minimum Gasteiger partial charge on any atom is -0.466 e. The second-order valence-electron chi connectivity index (χ2n) is 5.74. The average Bonchev–Trinajstić information content (AvgIpc) is 3.08. The first-order chi connectivity index (χ1) is 10.6. The van der Waals surface area contributed by atoms with Crippen molar-refractivity contribution in [2.24, 2.45) is 5.92 Å². The van der Waals surface area contributed by atoms with Gasteiger partial charge < -0.3 is 4.74 Å². The number of carbonyl (C=O) groups excluding carboxylic acids is 1. The van der Waals surface area contributed by atoms with E-state index in [-0.39, 0.29) is 18.6 Å². The van der Waals surface area contributed by atoms with E-state index in [1.165, 1.54) is 31.2 Å². The van der Waals surface area contributed by atoms with E-state index < -0.39 is 35.8 Å². The van der Waals surface area contributed by atoms with Gasteiger partial charge in [-0.15, -0.1) is 0 Å². The van der Waals surface area contributed by atoms with E-state index >= 15 is 0 Å². The highest BCUT2D eigenvalue weighted by molar-refractivity contribution is 5.78. The second-order valence-corrected chi connectivity index (χ2v) is 5.74. The smallest absolute Gasteiger partial charge is 0.392 e. The molecular weight excluding hydrogens is 319 g/mol. The number of hydrogen-bond acceptors (Lipinski definition) is 2. The van der Waals surface area contributed by atoms with Crippen molar-refractivity contribution in [1.29, 1.82) is 0 Å². The molecule has 0 bridgehead atoms. The molecule has 0 aromatic heterocycles. The van der Waals surface area contributed by atoms with E-state index in [0.29, 0.717) is 5.56 Å². The summed E-state index contributed by atoms with van der Waals surface area (Å²) in [4.78, 5) is 11.9. The zero-order chi connectivity index (χ0) is 17.4. The highest BCUT2D eigenvalue weighted by Gasteiger charge is 2.57. The fourth-order valence-electron chi connectivity index (χ4n) is 2.56. The second kappa shape index (κ2) is 6.09. The van der Waals surface area contributed by atoms with Gasteiger partial charge in [0.2, 0.25) is 0 Å². The Morgan fingerprint density at radius 2 is 1.83 bits per heavy atom. The molecule has 23 heavy (non-hydrogen) atoms. The Morgan fingerprint density at radius 3 is 2.22 bits per heavy atom. The molecule has 0 saturated heterocycles. The SMILES string of the molecule is CCOC(=O)C(c1ccc(C2CC2(F)F)cc1)[C@@H](C)C(F)(F)F. The quantitative estimate of drug-likeness (QED) is 0.578. The van der Waals surface area contributed by atoms with E-state index in [4.69, 9.17) is 4.74 Å². The van der Waals surface area contributed by atoms with Crippen LogP contribution in [0.15, 0.2) is 24.3 Å². The third kappa shape index (κ3) is 3.82. The molecule has 0 N–H and O–H groups in total. The van der Waals surface area contributed by atoms with Crippen LogP contribution in [0.4, 0.5) is 22.0 Å². The number of carbonyl (C=O) groups is 1. The van der Waals surface area contributed by atoms with Gasteiger partial charge in [-0.3, -0.25) is 4.79 Å². The Bertz CT molecular complexity index is 565. The van der Waals surface area contributed by atoms with Crippen molar-refractivity contribution in [1.82, 2.24) is 0 Å². The number of rotatable bonds is 5. The van der Waals surface area contributed by atoms with E-state index in [2.05, 4.69) is 0 Å². The lowest BCUT2D eigenvalue weighted by Gasteiger charge is -2.25. The van der Waals surface area contributed by atoms with Crippen LogP contribution in [-0.4, -0.2) is 24.7 Å². The lowest BCUT2D eigenvalue weighted by atomic mass is 9.86. The van der Waals surface area contributed by atoms with E-state index in [9.17, 15) is 26.7 Å². The molecule has 0 radical (unpaired) electrons. The fraction of sp³-hybridized carbons (Fsp3) is 0.562. The third-order valence-electron chi connectivity index (χ3n) is 4.08. The van der Waals surface area contributed by atoms with Gasteiger partial charge >= 0.3 is 12.1 Å². The van der Waals surface area contributed by atoms with E-state index in [0.717, 1.165) is 6.92 Å². The molecule has 2 nitrogen and oxygen atoms in total. The van der Waals surface area contributed by atoms with Crippen molar-refractivity contribution < 1.29 is 31.5 Å². The van der Waals surface area contributed by atoms with Crippen molar-refractivity contribution in [3.8, 4) is 0 Å². The molecular formula is C16H17F5O2. The molecule has 3 atom stereocenters. The van der Waals surface area contributed by atoms with Crippen LogP contribution in [0.2, 0.25) is 0 Å². The van der Waals surface area contributed by atoms with Crippen molar-refractivity contribution in [3.63, 3.8) is 0 Å². The molecule has 1 aromatic rings. The molecule has 7 heteroatoms. The first kappa shape index (κ1) is 17.7. The maximum absolute atomic E-state index is 13.0. The highest BCUT2D eigenvalue weighted by Crippen LogP contribution is 2.55. The Labute approximate surface area is 130 Å². The summed E-state index contributed by atoms with van der Waals surface area (Å²) < 4.78 is 69.8. The summed E-state index contributed by atoms with van der Waals surface area (Å²) in [6.45, 7) is 2.38. The molecule has 1 saturated carbocycles. The van der Waals surface area contributed by atoms with Crippen LogP contribution in [0.5, 0.6) is 0 Å². The van der Waals surface area contributed by atoms with Gasteiger partial charge in [0.15, 0.2) is 0 Å². The number of benzene rings is 1. The summed E-state index contributed by atoms with van der Waals surface area (Å²) in [5.74, 6) is -8.06. The summed E-state index contributed by atoms with van der Waals surface area (Å²) in [6.07, 6.45) is -4.83. The van der Waals surface area contributed by atoms with E-state index in [1.807, 2.05) is 0 Å². The van der Waals surface area contributed by atoms with Crippen LogP contribution in [0.25, 0.3) is 0 Å². The molecule has 1 aromatic carbocycles. The van der Waals surface area contributed by atoms with Crippen molar-refractivity contribution in [3.05, 3.63) is 35.4 Å². The van der Waals surface area contributed by atoms with Crippen LogP contribution in [0, 0.1) is 5.92 Å². The molecule has 0 spiro atoms. The number of halogens is 5. The summed E-state index contributed by atoms with van der Waals surface area (Å²) in [5, 5.41) is 0. The van der Waals surface area contributed by atoms with Crippen molar-refractivity contribution >= 4 is 5.97 Å². The Kier molecular flexibility index (Phi) is 4.69. The number of alkyl halides is 5. The molecule has 0 aliphatic heterocycles. The molecule has 1 aliphatic rings. The fourth-order valence-corrected chi connectivity index (χ4v) is 2.56. The topological polar surface area (TPSA) is 26.3 Å². The normalized spacial score (nSPS) is 22.3. The first-order valence-electron chi connectivity index (χ1n) is 7.29. The van der Waals surface area contributed by atoms with Crippen LogP contribution in [0.1, 0.15) is 43.2 Å². The Hall–Kier alpha value is -1.66. The summed E-state index contributed by atoms with van der Waals surface area (Å²) >= 11 is 0. The largest absolute Gasteiger partial charge is 0.466 e. The van der Waals surface area contributed by atoms with Gasteiger partial charge in [0, 0.05) is 6.42 Å². The van der Waals surface area contributed by atoms with Gasteiger partial charge in [0.05, 0.1) is 24.4 Å². The summed E-state index contributed by atoms with van der Waals surface area (Å²) in [5.41, 5.74) is 0.474. The van der Waals surface area contributed by atoms with Gasteiger partial charge in [0.1, 0.15) is 0 Å². The number of ether oxygens (including phenoxy) is 1. The van der Waals surface area contributed by atoms with Gasteiger partial charge in [-0.2, -0.15) is 13.2 Å². The van der Waals surface area contributed by atoms with Gasteiger partial charge in [-0.05, 0) is 18.1 Å². The highest BCUT2D eigenvalue weighted by atomic mass is 19.4. The monoisotopic (exact) mass is 336 g/mol. The van der Waals surface area contributed by atoms with Crippen LogP contribution < -0.4 is 0 Å². The van der Waals surface area contributed by atoms with Gasteiger partial charge in [-0.25, -0.2) is 8.78 Å². The lowest BCUT2D eigenvalue weighted by Crippen LogP contribution is -2.32. The van der Waals surface area contributed by atoms with Gasteiger partial charge in [-0.1, -0.05) is 31.2 Å². The maximum Gasteiger partial charge on any atom is 0.392 e. The van der Waals surface area contributed by atoms with Crippen LogP contribution in [-0.2, 0) is 9.53 Å². The maximum atomic E-state index is 13.0. The zero-order valence-electron chi connectivity index (χ0n) is 12.7. The van der Waals surface area contributed by atoms with E-state index in [1.54, 1.807) is 0 Å².